The highest BCUT2D eigenvalue weighted by molar-refractivity contribution is 5.64. The van der Waals surface area contributed by atoms with Gasteiger partial charge in [-0.15, -0.1) is 6.58 Å². The molecule has 0 unspecified atom stereocenters. The standard InChI is InChI=1S/C21H21FN4/c1-2-13-23-20-15-19(17-9-4-3-5-10-17)25-21(26-20)24-14-12-16-8-6-7-11-18(16)22/h2-11,15H,1,12-14H2,(H2,23,24,25,26). The Morgan fingerprint density at radius 1 is 0.962 bits per heavy atom. The van der Waals surface area contributed by atoms with Gasteiger partial charge in [0.15, 0.2) is 0 Å². The highest BCUT2D eigenvalue weighted by Crippen LogP contribution is 2.21. The number of nitrogens with one attached hydrogen (secondary N) is 2. The van der Waals surface area contributed by atoms with E-state index in [2.05, 4.69) is 27.2 Å². The SMILES string of the molecule is C=CCNc1cc(-c2ccccc2)nc(NCCc2ccccc2F)n1. The van der Waals surface area contributed by atoms with Crippen LogP contribution in [-0.4, -0.2) is 23.1 Å². The lowest BCUT2D eigenvalue weighted by Gasteiger charge is -2.11. The van der Waals surface area contributed by atoms with Gasteiger partial charge in [0, 0.05) is 24.7 Å². The maximum absolute atomic E-state index is 13.7. The van der Waals surface area contributed by atoms with E-state index in [1.807, 2.05) is 42.5 Å². The van der Waals surface area contributed by atoms with Crippen LogP contribution in [0.25, 0.3) is 11.3 Å². The molecule has 1 aromatic heterocycles. The normalized spacial score (nSPS) is 10.3. The topological polar surface area (TPSA) is 49.8 Å². The van der Waals surface area contributed by atoms with Crippen molar-refractivity contribution in [3.8, 4) is 11.3 Å². The van der Waals surface area contributed by atoms with Gasteiger partial charge in [-0.3, -0.25) is 0 Å². The minimum atomic E-state index is -0.193. The average Bonchev–Trinajstić information content (AvgIpc) is 2.68. The molecule has 0 aliphatic carbocycles. The fourth-order valence-corrected chi connectivity index (χ4v) is 2.56. The number of rotatable bonds is 8. The van der Waals surface area contributed by atoms with Gasteiger partial charge >= 0.3 is 0 Å². The van der Waals surface area contributed by atoms with Crippen molar-refractivity contribution in [2.75, 3.05) is 23.7 Å². The van der Waals surface area contributed by atoms with E-state index >= 15 is 0 Å². The quantitative estimate of drug-likeness (QED) is 0.587. The van der Waals surface area contributed by atoms with Crippen LogP contribution in [0.5, 0.6) is 0 Å². The predicted octanol–water partition coefficient (Wildman–Crippen LogP) is 4.54. The van der Waals surface area contributed by atoms with E-state index in [4.69, 9.17) is 0 Å². The first-order valence-corrected chi connectivity index (χ1v) is 8.53. The second-order valence-corrected chi connectivity index (χ2v) is 5.77. The van der Waals surface area contributed by atoms with Gasteiger partial charge in [-0.05, 0) is 18.1 Å². The average molecular weight is 348 g/mol. The first kappa shape index (κ1) is 17.6. The largest absolute Gasteiger partial charge is 0.366 e. The van der Waals surface area contributed by atoms with Crippen LogP contribution in [0.1, 0.15) is 5.56 Å². The number of anilines is 2. The Balaban J connectivity index is 1.76. The molecule has 4 nitrogen and oxygen atoms in total. The number of aromatic nitrogens is 2. The third-order valence-electron chi connectivity index (χ3n) is 3.86. The lowest BCUT2D eigenvalue weighted by atomic mass is 10.1. The maximum Gasteiger partial charge on any atom is 0.225 e. The molecule has 2 aromatic carbocycles. The molecule has 0 aliphatic rings. The summed E-state index contributed by atoms with van der Waals surface area (Å²) in [6.45, 7) is 4.87. The maximum atomic E-state index is 13.7. The Labute approximate surface area is 152 Å². The second kappa shape index (κ2) is 8.76. The number of hydrogen-bond acceptors (Lipinski definition) is 4. The summed E-state index contributed by atoms with van der Waals surface area (Å²) in [6.07, 6.45) is 2.33. The van der Waals surface area contributed by atoms with Gasteiger partial charge in [0.25, 0.3) is 0 Å². The summed E-state index contributed by atoms with van der Waals surface area (Å²) in [5.41, 5.74) is 2.50. The third-order valence-corrected chi connectivity index (χ3v) is 3.86. The van der Waals surface area contributed by atoms with Crippen molar-refractivity contribution in [3.63, 3.8) is 0 Å². The molecule has 0 saturated heterocycles. The van der Waals surface area contributed by atoms with E-state index in [1.165, 1.54) is 6.07 Å². The van der Waals surface area contributed by atoms with E-state index < -0.39 is 0 Å². The molecule has 0 saturated carbocycles. The van der Waals surface area contributed by atoms with Crippen LogP contribution < -0.4 is 10.6 Å². The van der Waals surface area contributed by atoms with Crippen LogP contribution in [-0.2, 0) is 6.42 Å². The van der Waals surface area contributed by atoms with Crippen LogP contribution in [0.2, 0.25) is 0 Å². The lowest BCUT2D eigenvalue weighted by molar-refractivity contribution is 0.610. The monoisotopic (exact) mass is 348 g/mol. The minimum Gasteiger partial charge on any atom is -0.366 e. The van der Waals surface area contributed by atoms with Crippen molar-refractivity contribution >= 4 is 11.8 Å². The highest BCUT2D eigenvalue weighted by Gasteiger charge is 2.07. The molecule has 0 amide bonds. The van der Waals surface area contributed by atoms with Crippen molar-refractivity contribution in [1.29, 1.82) is 0 Å². The summed E-state index contributed by atoms with van der Waals surface area (Å²) >= 11 is 0. The molecule has 0 radical (unpaired) electrons. The molecule has 3 aromatic rings. The molecule has 0 aliphatic heterocycles. The van der Waals surface area contributed by atoms with Crippen LogP contribution in [0.3, 0.4) is 0 Å². The summed E-state index contributed by atoms with van der Waals surface area (Å²) in [5.74, 6) is 1.03. The zero-order valence-electron chi connectivity index (χ0n) is 14.5. The molecule has 0 bridgehead atoms. The summed E-state index contributed by atoms with van der Waals surface area (Å²) in [5, 5.41) is 6.39. The molecule has 2 N–H and O–H groups in total. The van der Waals surface area contributed by atoms with Gasteiger partial charge in [-0.2, -0.15) is 4.98 Å². The number of hydrogen-bond donors (Lipinski definition) is 2. The minimum absolute atomic E-state index is 0.193. The fourth-order valence-electron chi connectivity index (χ4n) is 2.56. The van der Waals surface area contributed by atoms with Crippen molar-refractivity contribution in [3.05, 3.63) is 84.7 Å². The summed E-state index contributed by atoms with van der Waals surface area (Å²) in [4.78, 5) is 9.06. The van der Waals surface area contributed by atoms with Crippen molar-refractivity contribution < 1.29 is 4.39 Å². The van der Waals surface area contributed by atoms with Crippen LogP contribution in [0.4, 0.5) is 16.2 Å². The Bertz CT molecular complexity index is 865. The van der Waals surface area contributed by atoms with Gasteiger partial charge in [-0.25, -0.2) is 9.37 Å². The molecule has 0 atom stereocenters. The van der Waals surface area contributed by atoms with Crippen molar-refractivity contribution in [1.82, 2.24) is 9.97 Å². The molecule has 3 rings (SSSR count). The summed E-state index contributed by atoms with van der Waals surface area (Å²) < 4.78 is 13.7. The Hall–Kier alpha value is -3.21. The third kappa shape index (κ3) is 4.66. The smallest absolute Gasteiger partial charge is 0.225 e. The zero-order valence-corrected chi connectivity index (χ0v) is 14.5. The Morgan fingerprint density at radius 2 is 1.73 bits per heavy atom. The molecule has 5 heteroatoms. The number of benzene rings is 2. The lowest BCUT2D eigenvalue weighted by Crippen LogP contribution is -2.11. The summed E-state index contributed by atoms with van der Waals surface area (Å²) in [7, 11) is 0. The van der Waals surface area contributed by atoms with E-state index in [-0.39, 0.29) is 5.82 Å². The van der Waals surface area contributed by atoms with E-state index in [0.717, 1.165) is 11.3 Å². The molecule has 26 heavy (non-hydrogen) atoms. The van der Waals surface area contributed by atoms with E-state index in [1.54, 1.807) is 18.2 Å². The molecular weight excluding hydrogens is 327 g/mol. The summed E-state index contributed by atoms with van der Waals surface area (Å²) in [6, 6.07) is 18.6. The second-order valence-electron chi connectivity index (χ2n) is 5.77. The van der Waals surface area contributed by atoms with Crippen molar-refractivity contribution in [2.45, 2.75) is 6.42 Å². The Kier molecular flexibility index (Phi) is 5.93. The van der Waals surface area contributed by atoms with Gasteiger partial charge in [0.05, 0.1) is 5.69 Å². The number of halogens is 1. The molecule has 1 heterocycles. The molecule has 0 spiro atoms. The van der Waals surface area contributed by atoms with E-state index in [0.29, 0.717) is 36.8 Å². The predicted molar refractivity (Wildman–Crippen MR) is 105 cm³/mol. The molecule has 0 fully saturated rings. The Morgan fingerprint density at radius 3 is 2.50 bits per heavy atom. The zero-order chi connectivity index (χ0) is 18.2. The molecule has 132 valence electrons. The number of nitrogens with zero attached hydrogens (tertiary/aromatic N) is 2. The first-order chi connectivity index (χ1) is 12.8. The van der Waals surface area contributed by atoms with Gasteiger partial charge < -0.3 is 10.6 Å². The van der Waals surface area contributed by atoms with Crippen LogP contribution in [0.15, 0.2) is 73.3 Å². The first-order valence-electron chi connectivity index (χ1n) is 8.53. The van der Waals surface area contributed by atoms with Gasteiger partial charge in [0.1, 0.15) is 11.6 Å². The van der Waals surface area contributed by atoms with Crippen LogP contribution in [0, 0.1) is 5.82 Å². The van der Waals surface area contributed by atoms with Gasteiger partial charge in [-0.1, -0.05) is 54.6 Å². The van der Waals surface area contributed by atoms with E-state index in [9.17, 15) is 4.39 Å². The van der Waals surface area contributed by atoms with Crippen LogP contribution >= 0.6 is 0 Å². The molecular formula is C21H21FN4. The fraction of sp³-hybridized carbons (Fsp3) is 0.143. The van der Waals surface area contributed by atoms with Gasteiger partial charge in [0.2, 0.25) is 5.95 Å². The van der Waals surface area contributed by atoms with Crippen molar-refractivity contribution in [2.24, 2.45) is 0 Å². The highest BCUT2D eigenvalue weighted by atomic mass is 19.1.